The summed E-state index contributed by atoms with van der Waals surface area (Å²) in [6.45, 7) is 3.81. The first kappa shape index (κ1) is 21.5. The van der Waals surface area contributed by atoms with Crippen molar-refractivity contribution in [3.63, 3.8) is 0 Å². The fraction of sp³-hybridized carbons (Fsp3) is 0.444. The lowest BCUT2D eigenvalue weighted by Gasteiger charge is -2.11. The van der Waals surface area contributed by atoms with Gasteiger partial charge in [0.2, 0.25) is 0 Å². The number of pyridine rings is 1. The van der Waals surface area contributed by atoms with Gasteiger partial charge in [-0.15, -0.1) is 45.5 Å². The summed E-state index contributed by atoms with van der Waals surface area (Å²) in [7, 11) is 1.79. The van der Waals surface area contributed by atoms with Crippen LogP contribution in [0.5, 0.6) is 0 Å². The van der Waals surface area contributed by atoms with Gasteiger partial charge in [-0.1, -0.05) is 13.0 Å². The van der Waals surface area contributed by atoms with Gasteiger partial charge in [0.1, 0.15) is 5.82 Å². The Bertz CT molecular complexity index is 858. The van der Waals surface area contributed by atoms with Crippen LogP contribution in [0, 0.1) is 0 Å². The monoisotopic (exact) mass is 499 g/mol. The van der Waals surface area contributed by atoms with Gasteiger partial charge in [-0.05, 0) is 25.0 Å². The summed E-state index contributed by atoms with van der Waals surface area (Å²) in [6, 6.07) is 5.93. The topological polar surface area (TPSA) is 79.5 Å². The van der Waals surface area contributed by atoms with Gasteiger partial charge in [-0.25, -0.2) is 4.98 Å². The third-order valence-electron chi connectivity index (χ3n) is 4.06. The summed E-state index contributed by atoms with van der Waals surface area (Å²) in [5.41, 5.74) is 0.890. The minimum Gasteiger partial charge on any atom is -0.356 e. The van der Waals surface area contributed by atoms with Crippen LogP contribution in [0.2, 0.25) is 0 Å². The number of aliphatic imine (C=N–C) groups is 1. The highest BCUT2D eigenvalue weighted by Crippen LogP contribution is 2.13. The maximum atomic E-state index is 4.44. The molecule has 0 saturated carbocycles. The quantitative estimate of drug-likeness (QED) is 0.216. The van der Waals surface area contributed by atoms with Crippen LogP contribution in [-0.2, 0) is 19.3 Å². The van der Waals surface area contributed by atoms with Gasteiger partial charge in [-0.3, -0.25) is 9.39 Å². The molecule has 0 aliphatic rings. The highest BCUT2D eigenvalue weighted by atomic mass is 127. The summed E-state index contributed by atoms with van der Waals surface area (Å²) >= 11 is 1.79. The third-order valence-corrected chi connectivity index (χ3v) is 5.26. The van der Waals surface area contributed by atoms with Gasteiger partial charge in [0.25, 0.3) is 0 Å². The van der Waals surface area contributed by atoms with Crippen LogP contribution in [0.3, 0.4) is 0 Å². The largest absolute Gasteiger partial charge is 0.356 e. The molecular formula is C18H26IN7S. The Hall–Kier alpha value is -1.75. The van der Waals surface area contributed by atoms with E-state index in [2.05, 4.69) is 37.7 Å². The zero-order valence-electron chi connectivity index (χ0n) is 15.7. The number of nitrogens with zero attached hydrogens (tertiary/aromatic N) is 5. The molecule has 9 heteroatoms. The van der Waals surface area contributed by atoms with Gasteiger partial charge in [-0.2, -0.15) is 0 Å². The van der Waals surface area contributed by atoms with Crippen molar-refractivity contribution >= 4 is 46.9 Å². The van der Waals surface area contributed by atoms with Crippen molar-refractivity contribution in [2.45, 2.75) is 32.6 Å². The number of fused-ring (bicyclic) bond motifs is 1. The Morgan fingerprint density at radius 1 is 1.19 bits per heavy atom. The smallest absolute Gasteiger partial charge is 0.190 e. The van der Waals surface area contributed by atoms with Crippen LogP contribution in [-0.4, -0.2) is 45.7 Å². The number of nitrogens with one attached hydrogen (secondary N) is 2. The van der Waals surface area contributed by atoms with E-state index < -0.39 is 0 Å². The number of thiazole rings is 1. The lowest BCUT2D eigenvalue weighted by molar-refractivity contribution is 0.712. The van der Waals surface area contributed by atoms with Crippen LogP contribution < -0.4 is 10.6 Å². The van der Waals surface area contributed by atoms with E-state index in [0.29, 0.717) is 0 Å². The van der Waals surface area contributed by atoms with Gasteiger partial charge in [0.05, 0.1) is 5.01 Å². The Balaban J connectivity index is 0.00000261. The number of rotatable bonds is 8. The van der Waals surface area contributed by atoms with Crippen LogP contribution in [0.1, 0.15) is 29.1 Å². The number of hydrogen-bond donors (Lipinski definition) is 2. The first-order valence-corrected chi connectivity index (χ1v) is 9.78. The van der Waals surface area contributed by atoms with Crippen molar-refractivity contribution in [3.8, 4) is 0 Å². The van der Waals surface area contributed by atoms with E-state index >= 15 is 0 Å². The lowest BCUT2D eigenvalue weighted by atomic mass is 10.3. The van der Waals surface area contributed by atoms with E-state index in [9.17, 15) is 0 Å². The molecule has 146 valence electrons. The van der Waals surface area contributed by atoms with Crippen LogP contribution >= 0.6 is 35.3 Å². The summed E-state index contributed by atoms with van der Waals surface area (Å²) in [4.78, 5) is 10.0. The zero-order chi connectivity index (χ0) is 18.2. The van der Waals surface area contributed by atoms with Crippen LogP contribution in [0.25, 0.3) is 5.65 Å². The summed E-state index contributed by atoms with van der Waals surface area (Å²) in [6.07, 6.45) is 7.77. The normalized spacial score (nSPS) is 11.4. The molecule has 27 heavy (non-hydrogen) atoms. The minimum atomic E-state index is 0. The lowest BCUT2D eigenvalue weighted by Crippen LogP contribution is -2.38. The Kier molecular flexibility index (Phi) is 8.92. The number of aromatic nitrogens is 4. The molecule has 0 fully saturated rings. The maximum absolute atomic E-state index is 4.44. The molecule has 0 atom stereocenters. The van der Waals surface area contributed by atoms with Crippen molar-refractivity contribution in [2.24, 2.45) is 4.99 Å². The Morgan fingerprint density at radius 3 is 2.81 bits per heavy atom. The van der Waals surface area contributed by atoms with Crippen molar-refractivity contribution < 1.29 is 0 Å². The average Bonchev–Trinajstić information content (AvgIpc) is 3.30. The van der Waals surface area contributed by atoms with E-state index in [-0.39, 0.29) is 24.0 Å². The predicted molar refractivity (Wildman–Crippen MR) is 121 cm³/mol. The average molecular weight is 499 g/mol. The third kappa shape index (κ3) is 6.13. The number of hydrogen-bond acceptors (Lipinski definition) is 5. The zero-order valence-corrected chi connectivity index (χ0v) is 18.8. The number of aryl methyl sites for hydroxylation is 2. The molecular weight excluding hydrogens is 473 g/mol. The van der Waals surface area contributed by atoms with Crippen molar-refractivity contribution in [1.29, 1.82) is 0 Å². The van der Waals surface area contributed by atoms with E-state index in [4.69, 9.17) is 0 Å². The van der Waals surface area contributed by atoms with Crippen molar-refractivity contribution in [1.82, 2.24) is 30.2 Å². The molecule has 0 unspecified atom stereocenters. The van der Waals surface area contributed by atoms with Crippen LogP contribution in [0.15, 0.2) is 35.6 Å². The van der Waals surface area contributed by atoms with Gasteiger partial charge < -0.3 is 10.6 Å². The second kappa shape index (κ2) is 11.2. The molecule has 0 aliphatic heterocycles. The predicted octanol–water partition coefficient (Wildman–Crippen LogP) is 2.71. The second-order valence-electron chi connectivity index (χ2n) is 5.90. The molecule has 2 N–H and O–H groups in total. The Labute approximate surface area is 180 Å². The highest BCUT2D eigenvalue weighted by molar-refractivity contribution is 14.0. The molecule has 0 radical (unpaired) electrons. The van der Waals surface area contributed by atoms with Gasteiger partial charge in [0.15, 0.2) is 11.6 Å². The molecule has 0 bridgehead atoms. The van der Waals surface area contributed by atoms with Gasteiger partial charge in [0, 0.05) is 50.2 Å². The van der Waals surface area contributed by atoms with E-state index in [1.54, 1.807) is 18.4 Å². The molecule has 0 amide bonds. The van der Waals surface area contributed by atoms with E-state index in [1.807, 2.05) is 35.0 Å². The molecule has 0 aromatic carbocycles. The molecule has 0 saturated heterocycles. The van der Waals surface area contributed by atoms with E-state index in [0.717, 1.165) is 56.2 Å². The summed E-state index contributed by atoms with van der Waals surface area (Å²) in [5.74, 6) is 1.81. The summed E-state index contributed by atoms with van der Waals surface area (Å²) < 4.78 is 2.03. The Morgan fingerprint density at radius 2 is 2.04 bits per heavy atom. The van der Waals surface area contributed by atoms with Gasteiger partial charge >= 0.3 is 0 Å². The maximum Gasteiger partial charge on any atom is 0.190 e. The highest BCUT2D eigenvalue weighted by Gasteiger charge is 2.05. The molecule has 7 nitrogen and oxygen atoms in total. The van der Waals surface area contributed by atoms with Crippen molar-refractivity contribution in [2.75, 3.05) is 20.1 Å². The molecule has 0 aliphatic carbocycles. The first-order valence-electron chi connectivity index (χ1n) is 8.97. The standard InChI is InChI=1S/C18H25N7S.HI/c1-3-14-13-22-17(26-14)9-11-21-18(19-2)20-10-6-8-16-24-23-15-7-4-5-12-25(15)16;/h4-5,7,12-13H,3,6,8-11H2,1-2H3,(H2,19,20,21);1H. The van der Waals surface area contributed by atoms with E-state index in [1.165, 1.54) is 9.88 Å². The second-order valence-corrected chi connectivity index (χ2v) is 7.10. The van der Waals surface area contributed by atoms with Crippen LogP contribution in [0.4, 0.5) is 0 Å². The fourth-order valence-corrected chi connectivity index (χ4v) is 3.51. The number of halogens is 1. The molecule has 3 rings (SSSR count). The van der Waals surface area contributed by atoms with Crippen molar-refractivity contribution in [3.05, 3.63) is 46.3 Å². The molecule has 3 aromatic rings. The number of guanidine groups is 1. The molecule has 3 aromatic heterocycles. The summed E-state index contributed by atoms with van der Waals surface area (Å²) in [5, 5.41) is 16.3. The first-order chi connectivity index (χ1) is 12.8. The SMILES string of the molecule is CCc1cnc(CCNC(=NC)NCCCc2nnc3ccccn23)s1.I. The minimum absolute atomic E-state index is 0. The molecule has 0 spiro atoms. The fourth-order valence-electron chi connectivity index (χ4n) is 2.65. The molecule has 3 heterocycles.